The Labute approximate surface area is 210 Å². The van der Waals surface area contributed by atoms with Gasteiger partial charge in [-0.3, -0.25) is 4.79 Å². The second kappa shape index (κ2) is 10.1. The third kappa shape index (κ3) is 6.48. The maximum atomic E-state index is 14.9. The van der Waals surface area contributed by atoms with Crippen molar-refractivity contribution >= 4 is 40.6 Å². The molecule has 36 heavy (non-hydrogen) atoms. The predicted octanol–water partition coefficient (Wildman–Crippen LogP) is 5.31. The minimum atomic E-state index is -4.82. The van der Waals surface area contributed by atoms with Crippen LogP contribution in [0.4, 0.5) is 28.9 Å². The van der Waals surface area contributed by atoms with Crippen LogP contribution in [0.25, 0.3) is 0 Å². The molecule has 0 heterocycles. The number of hydrogen-bond donors (Lipinski definition) is 3. The zero-order chi connectivity index (χ0) is 27.6. The van der Waals surface area contributed by atoms with Gasteiger partial charge >= 0.3 is 12.1 Å². The molecule has 0 aliphatic heterocycles. The molecule has 0 aromatic heterocycles. The van der Waals surface area contributed by atoms with Gasteiger partial charge in [0.15, 0.2) is 5.11 Å². The van der Waals surface area contributed by atoms with E-state index in [1.54, 1.807) is 20.8 Å². The van der Waals surface area contributed by atoms with Crippen LogP contribution in [0.15, 0.2) is 36.4 Å². The first-order valence-corrected chi connectivity index (χ1v) is 10.9. The van der Waals surface area contributed by atoms with Gasteiger partial charge in [0.25, 0.3) is 5.91 Å². The fourth-order valence-corrected chi connectivity index (χ4v) is 3.61. The maximum Gasteiger partial charge on any atom is 0.417 e. The monoisotopic (exact) mass is 524 g/mol. The van der Waals surface area contributed by atoms with Crippen molar-refractivity contribution in [3.8, 4) is 6.07 Å². The van der Waals surface area contributed by atoms with Crippen LogP contribution in [0.3, 0.4) is 0 Å². The summed E-state index contributed by atoms with van der Waals surface area (Å²) in [6.07, 6.45) is -4.82. The molecule has 2 aromatic rings. The largest absolute Gasteiger partial charge is 0.480 e. The lowest BCUT2D eigenvalue weighted by Gasteiger charge is -2.37. The lowest BCUT2D eigenvalue weighted by Crippen LogP contribution is -2.55. The lowest BCUT2D eigenvalue weighted by molar-refractivity contribution is -0.141. The van der Waals surface area contributed by atoms with Crippen molar-refractivity contribution in [1.82, 2.24) is 5.32 Å². The number of nitrogens with one attached hydrogen (secondary N) is 2. The van der Waals surface area contributed by atoms with Crippen molar-refractivity contribution in [2.75, 3.05) is 10.2 Å². The molecule has 0 radical (unpaired) electrons. The molecule has 0 saturated heterocycles. The molecule has 7 nitrogen and oxygen atoms in total. The lowest BCUT2D eigenvalue weighted by atomic mass is 10.0. The van der Waals surface area contributed by atoms with Crippen LogP contribution < -0.4 is 15.5 Å². The van der Waals surface area contributed by atoms with Crippen molar-refractivity contribution in [3.63, 3.8) is 0 Å². The van der Waals surface area contributed by atoms with Crippen LogP contribution in [0.5, 0.6) is 0 Å². The molecule has 2 rings (SSSR count). The predicted molar refractivity (Wildman–Crippen MR) is 130 cm³/mol. The quantitative estimate of drug-likeness (QED) is 0.360. The molecule has 2 aromatic carbocycles. The number of thiocarbonyl (C=S) groups is 1. The van der Waals surface area contributed by atoms with E-state index in [9.17, 15) is 32.3 Å². The van der Waals surface area contributed by atoms with Crippen LogP contribution in [0.1, 0.15) is 56.1 Å². The Morgan fingerprint density at radius 3 is 2.14 bits per heavy atom. The maximum absolute atomic E-state index is 14.9. The molecule has 0 atom stereocenters. The number of halogens is 4. The highest BCUT2D eigenvalue weighted by Crippen LogP contribution is 2.34. The third-order valence-electron chi connectivity index (χ3n) is 4.93. The van der Waals surface area contributed by atoms with Gasteiger partial charge in [0, 0.05) is 16.9 Å². The van der Waals surface area contributed by atoms with Crippen LogP contribution in [-0.2, 0) is 11.0 Å². The summed E-state index contributed by atoms with van der Waals surface area (Å²) in [5, 5.41) is 23.5. The van der Waals surface area contributed by atoms with Gasteiger partial charge in [0.1, 0.15) is 11.4 Å². The number of anilines is 2. The average molecular weight is 525 g/mol. The van der Waals surface area contributed by atoms with E-state index in [1.165, 1.54) is 32.0 Å². The van der Waals surface area contributed by atoms with Gasteiger partial charge < -0.3 is 20.6 Å². The molecule has 0 unspecified atom stereocenters. The number of carbonyl (C=O) groups excluding carboxylic acids is 1. The zero-order valence-corrected chi connectivity index (χ0v) is 20.9. The summed E-state index contributed by atoms with van der Waals surface area (Å²) in [6, 6.07) is 7.59. The number of nitriles is 1. The van der Waals surface area contributed by atoms with Crippen molar-refractivity contribution in [3.05, 3.63) is 58.9 Å². The topological polar surface area (TPSA) is 105 Å². The first kappa shape index (κ1) is 28.5. The summed E-state index contributed by atoms with van der Waals surface area (Å²) >= 11 is 5.31. The van der Waals surface area contributed by atoms with Crippen LogP contribution >= 0.6 is 12.2 Å². The molecule has 0 bridgehead atoms. The van der Waals surface area contributed by atoms with E-state index >= 15 is 0 Å². The number of carboxylic acids is 1. The summed E-state index contributed by atoms with van der Waals surface area (Å²) in [5.74, 6) is -3.01. The molecular weight excluding hydrogens is 500 g/mol. The number of alkyl halides is 3. The molecular formula is C24H24F4N4O3S. The Kier molecular flexibility index (Phi) is 8.00. The molecule has 0 aliphatic carbocycles. The first-order chi connectivity index (χ1) is 16.4. The van der Waals surface area contributed by atoms with Crippen LogP contribution in [0, 0.1) is 17.1 Å². The molecule has 3 N–H and O–H groups in total. The van der Waals surface area contributed by atoms with Gasteiger partial charge in [-0.2, -0.15) is 18.4 Å². The van der Waals surface area contributed by atoms with E-state index in [4.69, 9.17) is 17.5 Å². The van der Waals surface area contributed by atoms with Gasteiger partial charge in [-0.1, -0.05) is 0 Å². The number of hydrogen-bond acceptors (Lipinski definition) is 4. The average Bonchev–Trinajstić information content (AvgIpc) is 2.71. The van der Waals surface area contributed by atoms with Crippen molar-refractivity contribution in [1.29, 1.82) is 5.26 Å². The Morgan fingerprint density at radius 1 is 1.06 bits per heavy atom. The molecule has 0 saturated carbocycles. The molecule has 0 spiro atoms. The zero-order valence-electron chi connectivity index (χ0n) is 20.0. The van der Waals surface area contributed by atoms with Crippen molar-refractivity contribution in [2.45, 2.75) is 51.9 Å². The highest BCUT2D eigenvalue weighted by Gasteiger charge is 2.39. The number of amides is 1. The van der Waals surface area contributed by atoms with E-state index in [0.717, 1.165) is 23.1 Å². The Hall–Kier alpha value is -3.72. The number of nitrogens with zero attached hydrogens (tertiary/aromatic N) is 2. The standard InChI is InChI=1S/C24H24F4N4O3S/c1-22(2,3)31-19(33)16-9-8-15(11-18(16)25)32(23(4,5)20(34)35)21(36)30-14-7-6-13(12-29)17(10-14)24(26,27)28/h6-11H,1-5H3,(H,30,36)(H,31,33)(H,34,35). The van der Waals surface area contributed by atoms with Gasteiger partial charge in [-0.05, 0) is 83.2 Å². The summed E-state index contributed by atoms with van der Waals surface area (Å²) < 4.78 is 55.0. The summed E-state index contributed by atoms with van der Waals surface area (Å²) in [5.41, 5.74) is -4.75. The number of benzene rings is 2. The molecule has 192 valence electrons. The highest BCUT2D eigenvalue weighted by atomic mass is 32.1. The molecule has 1 amide bonds. The molecule has 0 fully saturated rings. The highest BCUT2D eigenvalue weighted by molar-refractivity contribution is 7.80. The van der Waals surface area contributed by atoms with Crippen molar-refractivity contribution in [2.24, 2.45) is 0 Å². The minimum Gasteiger partial charge on any atom is -0.480 e. The number of rotatable bonds is 5. The Balaban J connectivity index is 2.52. The van der Waals surface area contributed by atoms with E-state index in [-0.39, 0.29) is 22.1 Å². The fourth-order valence-electron chi connectivity index (χ4n) is 3.16. The molecule has 12 heteroatoms. The summed E-state index contributed by atoms with van der Waals surface area (Å²) in [6.45, 7) is 7.67. The van der Waals surface area contributed by atoms with Gasteiger partial charge in [-0.15, -0.1) is 0 Å². The number of carboxylic acid groups (broad SMARTS) is 1. The van der Waals surface area contributed by atoms with Crippen LogP contribution in [-0.4, -0.2) is 33.2 Å². The minimum absolute atomic E-state index is 0.0607. The third-order valence-corrected chi connectivity index (χ3v) is 5.21. The SMILES string of the molecule is CC(C)(C)NC(=O)c1ccc(N(C(=S)Nc2ccc(C#N)c(C(F)(F)F)c2)C(C)(C)C(=O)O)cc1F. The van der Waals surface area contributed by atoms with E-state index < -0.39 is 46.1 Å². The van der Waals surface area contributed by atoms with Gasteiger partial charge in [0.05, 0.1) is 22.8 Å². The fraction of sp³-hybridized carbons (Fsp3) is 0.333. The van der Waals surface area contributed by atoms with Gasteiger partial charge in [0.2, 0.25) is 0 Å². The number of carbonyl (C=O) groups is 2. The summed E-state index contributed by atoms with van der Waals surface area (Å²) in [7, 11) is 0. The summed E-state index contributed by atoms with van der Waals surface area (Å²) in [4.78, 5) is 25.4. The van der Waals surface area contributed by atoms with Gasteiger partial charge in [-0.25, -0.2) is 9.18 Å². The normalized spacial score (nSPS) is 11.9. The second-order valence-corrected chi connectivity index (χ2v) is 9.75. The Bertz CT molecular complexity index is 1250. The molecule has 0 aliphatic rings. The van der Waals surface area contributed by atoms with E-state index in [2.05, 4.69) is 10.6 Å². The second-order valence-electron chi connectivity index (χ2n) is 9.37. The van der Waals surface area contributed by atoms with E-state index in [0.29, 0.717) is 6.07 Å². The smallest absolute Gasteiger partial charge is 0.417 e. The Morgan fingerprint density at radius 2 is 1.67 bits per heavy atom. The number of aliphatic carboxylic acids is 1. The van der Waals surface area contributed by atoms with Crippen molar-refractivity contribution < 1.29 is 32.3 Å². The van der Waals surface area contributed by atoms with E-state index in [1.807, 2.05) is 0 Å². The first-order valence-electron chi connectivity index (χ1n) is 10.5. The van der Waals surface area contributed by atoms with Crippen LogP contribution in [0.2, 0.25) is 0 Å².